The van der Waals surface area contributed by atoms with E-state index in [1.54, 1.807) is 62.4 Å². The Balaban J connectivity index is 1.14. The summed E-state index contributed by atoms with van der Waals surface area (Å²) in [5.74, 6) is -1.62. The van der Waals surface area contributed by atoms with E-state index < -0.39 is 23.0 Å². The highest BCUT2D eigenvalue weighted by Gasteiger charge is 2.30. The number of benzene rings is 4. The van der Waals surface area contributed by atoms with Gasteiger partial charge in [0.15, 0.2) is 0 Å². The molecule has 3 amide bonds. The van der Waals surface area contributed by atoms with Crippen molar-refractivity contribution in [1.82, 2.24) is 10.2 Å². The largest absolute Gasteiger partial charge is 0.462 e. The second kappa shape index (κ2) is 18.4. The number of thiophene rings is 1. The number of fused-ring (bicyclic) bond motifs is 1. The lowest BCUT2D eigenvalue weighted by atomic mass is 10.0. The first-order valence-electron chi connectivity index (χ1n) is 17.5. The van der Waals surface area contributed by atoms with E-state index in [9.17, 15) is 19.2 Å². The number of carbonyl (C=O) groups is 4. The lowest BCUT2D eigenvalue weighted by Gasteiger charge is -2.27. The second-order valence-electron chi connectivity index (χ2n) is 12.5. The lowest BCUT2D eigenvalue weighted by Crippen LogP contribution is -2.30. The van der Waals surface area contributed by atoms with Crippen LogP contribution >= 0.6 is 39.0 Å². The van der Waals surface area contributed by atoms with Crippen LogP contribution in [0.4, 0.5) is 10.7 Å². The van der Waals surface area contributed by atoms with Gasteiger partial charge in [0.25, 0.3) is 11.8 Å². The molecule has 0 bridgehead atoms. The van der Waals surface area contributed by atoms with Gasteiger partial charge in [-0.1, -0.05) is 82.7 Å². The minimum Gasteiger partial charge on any atom is -0.462 e. The van der Waals surface area contributed by atoms with Gasteiger partial charge >= 0.3 is 5.97 Å². The summed E-state index contributed by atoms with van der Waals surface area (Å²) in [6, 6.07) is 33.5. The summed E-state index contributed by atoms with van der Waals surface area (Å²) in [6.07, 6.45) is 2.29. The van der Waals surface area contributed by atoms with Crippen LogP contribution in [0.2, 0.25) is 0 Å². The maximum Gasteiger partial charge on any atom is 0.341 e. The van der Waals surface area contributed by atoms with E-state index in [0.717, 1.165) is 32.9 Å². The average Bonchev–Trinajstić information content (AvgIpc) is 3.52. The Labute approximate surface area is 331 Å². The van der Waals surface area contributed by atoms with Gasteiger partial charge in [-0.25, -0.2) is 4.79 Å². The molecule has 1 unspecified atom stereocenters. The molecular formula is C42H39BrN4O5S2. The normalized spacial score (nSPS) is 13.4. The van der Waals surface area contributed by atoms with Crippen molar-refractivity contribution < 1.29 is 23.9 Å². The third kappa shape index (κ3) is 10.1. The van der Waals surface area contributed by atoms with Crippen LogP contribution in [-0.2, 0) is 33.8 Å². The Morgan fingerprint density at radius 1 is 0.926 bits per heavy atom. The number of hydrogen-bond acceptors (Lipinski definition) is 8. The molecule has 3 N–H and O–H groups in total. The zero-order valence-electron chi connectivity index (χ0n) is 29.8. The van der Waals surface area contributed by atoms with E-state index in [1.807, 2.05) is 54.6 Å². The maximum absolute atomic E-state index is 13.6. The van der Waals surface area contributed by atoms with Crippen molar-refractivity contribution in [3.05, 3.63) is 152 Å². The van der Waals surface area contributed by atoms with Crippen LogP contribution in [0.15, 0.2) is 124 Å². The molecule has 5 aromatic rings. The molecule has 4 aromatic carbocycles. The van der Waals surface area contributed by atoms with Crippen LogP contribution in [0.1, 0.15) is 56.1 Å². The fraction of sp³-hybridized carbons (Fsp3) is 0.190. The number of ether oxygens (including phenoxy) is 1. The molecule has 6 rings (SSSR count). The van der Waals surface area contributed by atoms with Crippen LogP contribution in [0.5, 0.6) is 0 Å². The SMILES string of the molecule is CCOC(=O)c1c(NC(=O)C(C)Sc2cccc(NC(=O)/C(=C\c3cccc(Br)c3)NC(=O)c3ccccc3)c2)sc2c1CCN(Cc1ccccc1)C2. The molecule has 0 spiro atoms. The number of halogens is 1. The number of rotatable bonds is 13. The predicted molar refractivity (Wildman–Crippen MR) is 220 cm³/mol. The van der Waals surface area contributed by atoms with Gasteiger partial charge in [-0.05, 0) is 85.5 Å². The van der Waals surface area contributed by atoms with E-state index >= 15 is 0 Å². The fourth-order valence-corrected chi connectivity index (χ4v) is 8.59. The lowest BCUT2D eigenvalue weighted by molar-refractivity contribution is -0.115. The molecule has 9 nitrogen and oxygen atoms in total. The summed E-state index contributed by atoms with van der Waals surface area (Å²) in [7, 11) is 0. The molecule has 0 aliphatic carbocycles. The summed E-state index contributed by atoms with van der Waals surface area (Å²) in [6.45, 7) is 6.06. The molecule has 0 fully saturated rings. The van der Waals surface area contributed by atoms with Gasteiger partial charge in [0.05, 0.1) is 17.4 Å². The monoisotopic (exact) mass is 822 g/mol. The summed E-state index contributed by atoms with van der Waals surface area (Å²) < 4.78 is 6.26. The van der Waals surface area contributed by atoms with Gasteiger partial charge in [0.2, 0.25) is 5.91 Å². The summed E-state index contributed by atoms with van der Waals surface area (Å²) in [5.41, 5.74) is 4.29. The molecule has 0 radical (unpaired) electrons. The predicted octanol–water partition coefficient (Wildman–Crippen LogP) is 8.77. The summed E-state index contributed by atoms with van der Waals surface area (Å²) in [4.78, 5) is 57.6. The third-order valence-corrected chi connectivity index (χ3v) is 11.3. The van der Waals surface area contributed by atoms with Crippen LogP contribution < -0.4 is 16.0 Å². The number of anilines is 2. The Morgan fingerprint density at radius 2 is 1.67 bits per heavy atom. The van der Waals surface area contributed by atoms with Gasteiger partial charge in [-0.15, -0.1) is 23.1 Å². The summed E-state index contributed by atoms with van der Waals surface area (Å²) in [5, 5.41) is 8.64. The van der Waals surface area contributed by atoms with Crippen molar-refractivity contribution in [2.75, 3.05) is 23.8 Å². The number of hydrogen-bond donors (Lipinski definition) is 3. The molecule has 1 atom stereocenters. The molecular weight excluding hydrogens is 785 g/mol. The standard InChI is InChI=1S/C42H39BrN4O5S2/c1-3-52-42(51)37-34-20-21-47(25-28-12-6-4-7-13-28)26-36(34)54-41(37)46-38(48)27(2)53-33-19-11-18-32(24-33)44-40(50)35(23-29-14-10-17-31(43)22-29)45-39(49)30-15-8-5-9-16-30/h4-19,22-24,27H,3,20-21,25-26H2,1-2H3,(H,44,50)(H,45,49)(H,46,48)/b35-23+. The van der Waals surface area contributed by atoms with Crippen LogP contribution in [0, 0.1) is 0 Å². The topological polar surface area (TPSA) is 117 Å². The Bertz CT molecular complexity index is 2170. The van der Waals surface area contributed by atoms with E-state index in [2.05, 4.69) is 48.9 Å². The first-order valence-corrected chi connectivity index (χ1v) is 20.0. The van der Waals surface area contributed by atoms with Crippen molar-refractivity contribution in [1.29, 1.82) is 0 Å². The van der Waals surface area contributed by atoms with Crippen molar-refractivity contribution in [3.63, 3.8) is 0 Å². The van der Waals surface area contributed by atoms with Crippen molar-refractivity contribution in [2.45, 2.75) is 43.5 Å². The van der Waals surface area contributed by atoms with Gasteiger partial charge in [-0.2, -0.15) is 0 Å². The average molecular weight is 824 g/mol. The molecule has 1 aliphatic rings. The van der Waals surface area contributed by atoms with Crippen molar-refractivity contribution in [2.24, 2.45) is 0 Å². The molecule has 1 aromatic heterocycles. The minimum absolute atomic E-state index is 0.0620. The highest BCUT2D eigenvalue weighted by atomic mass is 79.9. The van der Waals surface area contributed by atoms with Crippen molar-refractivity contribution >= 4 is 79.5 Å². The van der Waals surface area contributed by atoms with Crippen molar-refractivity contribution in [3.8, 4) is 0 Å². The highest BCUT2D eigenvalue weighted by molar-refractivity contribution is 9.10. The zero-order valence-corrected chi connectivity index (χ0v) is 33.0. The molecule has 0 saturated heterocycles. The Hall–Kier alpha value is -5.01. The van der Waals surface area contributed by atoms with Gasteiger partial charge in [0, 0.05) is 45.1 Å². The number of carbonyl (C=O) groups excluding carboxylic acids is 4. The molecule has 12 heteroatoms. The van der Waals surface area contributed by atoms with Gasteiger partial charge < -0.3 is 20.7 Å². The summed E-state index contributed by atoms with van der Waals surface area (Å²) >= 11 is 6.21. The highest BCUT2D eigenvalue weighted by Crippen LogP contribution is 2.39. The fourth-order valence-electron chi connectivity index (χ4n) is 5.96. The number of amides is 3. The Kier molecular flexibility index (Phi) is 13.2. The number of nitrogens with one attached hydrogen (secondary N) is 3. The van der Waals surface area contributed by atoms with Crippen LogP contribution in [0.3, 0.4) is 0 Å². The first-order chi connectivity index (χ1) is 26.2. The minimum atomic E-state index is -0.545. The molecule has 0 saturated carbocycles. The first kappa shape index (κ1) is 38.7. The number of thioether (sulfide) groups is 1. The van der Waals surface area contributed by atoms with E-state index in [1.165, 1.54) is 28.7 Å². The Morgan fingerprint density at radius 3 is 2.41 bits per heavy atom. The smallest absolute Gasteiger partial charge is 0.341 e. The van der Waals surface area contributed by atoms with E-state index in [-0.39, 0.29) is 18.2 Å². The maximum atomic E-state index is 13.6. The van der Waals surface area contributed by atoms with Crippen LogP contribution in [-0.4, -0.2) is 47.0 Å². The number of esters is 1. The zero-order chi connectivity index (χ0) is 38.0. The van der Waals surface area contributed by atoms with Crippen LogP contribution in [0.25, 0.3) is 6.08 Å². The third-order valence-electron chi connectivity index (χ3n) is 8.56. The van der Waals surface area contributed by atoms with Gasteiger partial charge in [0.1, 0.15) is 10.7 Å². The molecule has 2 heterocycles. The quantitative estimate of drug-likeness (QED) is 0.0618. The second-order valence-corrected chi connectivity index (χ2v) is 16.0. The number of nitrogens with zero attached hydrogens (tertiary/aromatic N) is 1. The molecule has 1 aliphatic heterocycles. The van der Waals surface area contributed by atoms with E-state index in [0.29, 0.717) is 40.3 Å². The van der Waals surface area contributed by atoms with E-state index in [4.69, 9.17) is 4.74 Å². The molecule has 276 valence electrons. The molecule has 54 heavy (non-hydrogen) atoms. The van der Waals surface area contributed by atoms with Gasteiger partial charge in [-0.3, -0.25) is 19.3 Å².